The van der Waals surface area contributed by atoms with Gasteiger partial charge in [-0.2, -0.15) is 0 Å². The molecule has 0 amide bonds. The van der Waals surface area contributed by atoms with E-state index in [-0.39, 0.29) is 17.4 Å². The summed E-state index contributed by atoms with van der Waals surface area (Å²) in [7, 11) is 0. The van der Waals surface area contributed by atoms with Crippen LogP contribution in [0.25, 0.3) is 11.3 Å². The van der Waals surface area contributed by atoms with Crippen molar-refractivity contribution in [2.75, 3.05) is 6.54 Å². The van der Waals surface area contributed by atoms with Crippen molar-refractivity contribution in [3.05, 3.63) is 88.3 Å². The number of aromatic nitrogens is 1. The fourth-order valence-electron chi connectivity index (χ4n) is 3.28. The molecule has 0 saturated carbocycles. The summed E-state index contributed by atoms with van der Waals surface area (Å²) in [6.45, 7) is 7.67. The van der Waals surface area contributed by atoms with E-state index >= 15 is 0 Å². The zero-order chi connectivity index (χ0) is 23.5. The monoisotopic (exact) mass is 454 g/mol. The van der Waals surface area contributed by atoms with Crippen molar-refractivity contribution in [2.45, 2.75) is 45.3 Å². The van der Waals surface area contributed by atoms with Crippen LogP contribution < -0.4 is 5.32 Å². The van der Waals surface area contributed by atoms with Gasteiger partial charge < -0.3 is 10.4 Å². The van der Waals surface area contributed by atoms with Gasteiger partial charge in [0.2, 0.25) is 0 Å². The molecule has 0 saturated heterocycles. The van der Waals surface area contributed by atoms with Crippen LogP contribution in [0.15, 0.2) is 60.7 Å². The Hall–Kier alpha value is -2.60. The zero-order valence-corrected chi connectivity index (χ0v) is 19.5. The van der Waals surface area contributed by atoms with E-state index in [1.165, 1.54) is 12.1 Å². The molecule has 2 aromatic carbocycles. The van der Waals surface area contributed by atoms with Gasteiger partial charge in [0.15, 0.2) is 5.78 Å². The number of rotatable bonds is 8. The Balaban J connectivity index is 1.98. The lowest BCUT2D eigenvalue weighted by molar-refractivity contribution is 0.0484. The van der Waals surface area contributed by atoms with Gasteiger partial charge in [-0.3, -0.25) is 4.79 Å². The summed E-state index contributed by atoms with van der Waals surface area (Å²) in [5.74, 6) is -0.521. The molecular formula is C26H28ClFN2O2. The number of carbonyl (C=O) groups excluding carboxylic acids is 1. The van der Waals surface area contributed by atoms with Gasteiger partial charge >= 0.3 is 0 Å². The number of carbonyl (C=O) groups is 1. The third-order valence-electron chi connectivity index (χ3n) is 5.79. The van der Waals surface area contributed by atoms with Crippen molar-refractivity contribution < 1.29 is 14.3 Å². The SMILES string of the molecule is CCC(C)(O)c1cc(C(C)(C)NCC(=O)c2ccccc2)cc(-c2ccc(F)c(Cl)c2)n1. The lowest BCUT2D eigenvalue weighted by Crippen LogP contribution is -2.40. The first-order valence-corrected chi connectivity index (χ1v) is 11.0. The first kappa shape index (κ1) is 24.1. The molecule has 2 N–H and O–H groups in total. The topological polar surface area (TPSA) is 62.2 Å². The van der Waals surface area contributed by atoms with E-state index < -0.39 is 17.0 Å². The molecule has 0 bridgehead atoms. The van der Waals surface area contributed by atoms with Crippen LogP contribution in [0.4, 0.5) is 4.39 Å². The van der Waals surface area contributed by atoms with E-state index in [9.17, 15) is 14.3 Å². The number of benzene rings is 2. The molecule has 0 aliphatic heterocycles. The smallest absolute Gasteiger partial charge is 0.176 e. The number of hydrogen-bond acceptors (Lipinski definition) is 4. The number of nitrogens with zero attached hydrogens (tertiary/aromatic N) is 1. The highest BCUT2D eigenvalue weighted by Gasteiger charge is 2.28. The standard InChI is InChI=1S/C26H28ClFN2O2/c1-5-26(4,32)24-15-19(14-22(30-24)18-11-12-21(28)20(27)13-18)25(2,3)29-16-23(31)17-9-7-6-8-10-17/h6-15,29,32H,5,16H2,1-4H3. The summed E-state index contributed by atoms with van der Waals surface area (Å²) >= 11 is 5.99. The van der Waals surface area contributed by atoms with Crippen LogP contribution in [0, 0.1) is 5.82 Å². The molecule has 0 fully saturated rings. The van der Waals surface area contributed by atoms with E-state index in [0.717, 1.165) is 5.56 Å². The third kappa shape index (κ3) is 5.41. The molecule has 1 aromatic heterocycles. The predicted octanol–water partition coefficient (Wildman–Crippen LogP) is 5.87. The second kappa shape index (κ2) is 9.49. The van der Waals surface area contributed by atoms with Crippen LogP contribution in [-0.2, 0) is 11.1 Å². The molecule has 0 radical (unpaired) electrons. The van der Waals surface area contributed by atoms with Crippen LogP contribution in [0.1, 0.15) is 55.7 Å². The van der Waals surface area contributed by atoms with Gasteiger partial charge in [0, 0.05) is 16.7 Å². The molecule has 1 unspecified atom stereocenters. The van der Waals surface area contributed by atoms with E-state index in [1.807, 2.05) is 51.1 Å². The van der Waals surface area contributed by atoms with Crippen LogP contribution in [-0.4, -0.2) is 22.4 Å². The van der Waals surface area contributed by atoms with Gasteiger partial charge in [0.1, 0.15) is 11.4 Å². The van der Waals surface area contributed by atoms with Gasteiger partial charge in [-0.15, -0.1) is 0 Å². The molecule has 32 heavy (non-hydrogen) atoms. The minimum atomic E-state index is -1.15. The van der Waals surface area contributed by atoms with E-state index in [4.69, 9.17) is 11.6 Å². The van der Waals surface area contributed by atoms with E-state index in [0.29, 0.717) is 28.9 Å². The Bertz CT molecular complexity index is 1110. The van der Waals surface area contributed by atoms with Crippen LogP contribution >= 0.6 is 11.6 Å². The summed E-state index contributed by atoms with van der Waals surface area (Å²) in [5, 5.41) is 14.2. The minimum Gasteiger partial charge on any atom is -0.384 e. The highest BCUT2D eigenvalue weighted by Crippen LogP contribution is 2.32. The second-order valence-electron chi connectivity index (χ2n) is 8.65. The fourth-order valence-corrected chi connectivity index (χ4v) is 3.46. The van der Waals surface area contributed by atoms with Crippen molar-refractivity contribution in [3.8, 4) is 11.3 Å². The maximum Gasteiger partial charge on any atom is 0.176 e. The largest absolute Gasteiger partial charge is 0.384 e. The molecule has 3 aromatic rings. The number of aliphatic hydroxyl groups is 1. The average molecular weight is 455 g/mol. The van der Waals surface area contributed by atoms with E-state index in [2.05, 4.69) is 10.3 Å². The highest BCUT2D eigenvalue weighted by atomic mass is 35.5. The molecule has 3 rings (SSSR count). The molecule has 1 heterocycles. The Morgan fingerprint density at radius 3 is 2.41 bits per heavy atom. The Morgan fingerprint density at radius 2 is 1.78 bits per heavy atom. The van der Waals surface area contributed by atoms with Gasteiger partial charge in [0.25, 0.3) is 0 Å². The number of pyridine rings is 1. The molecule has 4 nitrogen and oxygen atoms in total. The first-order valence-electron chi connectivity index (χ1n) is 10.6. The maximum absolute atomic E-state index is 13.7. The first-order chi connectivity index (χ1) is 15.0. The normalized spacial score (nSPS) is 13.6. The zero-order valence-electron chi connectivity index (χ0n) is 18.7. The minimum absolute atomic E-state index is 0.00403. The quantitative estimate of drug-likeness (QED) is 0.418. The van der Waals surface area contributed by atoms with Crippen LogP contribution in [0.2, 0.25) is 5.02 Å². The Kier molecular flexibility index (Phi) is 7.13. The number of nitrogens with one attached hydrogen (secondary N) is 1. The third-order valence-corrected chi connectivity index (χ3v) is 6.08. The molecule has 0 spiro atoms. The van der Waals surface area contributed by atoms with E-state index in [1.54, 1.807) is 25.1 Å². The molecule has 0 aliphatic carbocycles. The fraction of sp³-hybridized carbons (Fsp3) is 0.308. The van der Waals surface area contributed by atoms with Crippen LogP contribution in [0.3, 0.4) is 0 Å². The number of Topliss-reactive ketones (excluding diaryl/α,β-unsaturated/α-hetero) is 1. The van der Waals surface area contributed by atoms with Crippen molar-refractivity contribution in [3.63, 3.8) is 0 Å². The van der Waals surface area contributed by atoms with Gasteiger partial charge in [-0.05, 0) is 63.1 Å². The Labute approximate surface area is 193 Å². The average Bonchev–Trinajstić information content (AvgIpc) is 2.79. The predicted molar refractivity (Wildman–Crippen MR) is 126 cm³/mol. The van der Waals surface area contributed by atoms with Crippen molar-refractivity contribution in [2.24, 2.45) is 0 Å². The van der Waals surface area contributed by atoms with Crippen molar-refractivity contribution in [1.82, 2.24) is 10.3 Å². The summed E-state index contributed by atoms with van der Waals surface area (Å²) < 4.78 is 13.7. The molecule has 0 aliphatic rings. The van der Waals surface area contributed by atoms with Crippen LogP contribution in [0.5, 0.6) is 0 Å². The number of halogens is 2. The molecule has 168 valence electrons. The highest BCUT2D eigenvalue weighted by molar-refractivity contribution is 6.31. The lowest BCUT2D eigenvalue weighted by Gasteiger charge is -2.30. The van der Waals surface area contributed by atoms with Gasteiger partial charge in [0.05, 0.1) is 23.0 Å². The number of hydrogen-bond donors (Lipinski definition) is 2. The summed E-state index contributed by atoms with van der Waals surface area (Å²) in [6.07, 6.45) is 0.466. The van der Waals surface area contributed by atoms with Gasteiger partial charge in [-0.25, -0.2) is 9.37 Å². The van der Waals surface area contributed by atoms with Crippen molar-refractivity contribution in [1.29, 1.82) is 0 Å². The molecule has 6 heteroatoms. The molecule has 1 atom stereocenters. The summed E-state index contributed by atoms with van der Waals surface area (Å²) in [6, 6.07) is 17.3. The Morgan fingerprint density at radius 1 is 1.09 bits per heavy atom. The maximum atomic E-state index is 13.7. The second-order valence-corrected chi connectivity index (χ2v) is 9.06. The summed E-state index contributed by atoms with van der Waals surface area (Å²) in [4.78, 5) is 17.2. The lowest BCUT2D eigenvalue weighted by atomic mass is 9.88. The van der Waals surface area contributed by atoms with Crippen molar-refractivity contribution >= 4 is 17.4 Å². The van der Waals surface area contributed by atoms with Gasteiger partial charge in [-0.1, -0.05) is 48.9 Å². The summed E-state index contributed by atoms with van der Waals surface area (Å²) in [5.41, 5.74) is 1.43. The number of ketones is 1. The molecular weight excluding hydrogens is 427 g/mol.